The molecule has 0 aliphatic rings. The molecule has 120 valence electrons. The molecule has 2 aromatic heterocycles. The van der Waals surface area contributed by atoms with Gasteiger partial charge in [-0.05, 0) is 31.0 Å². The largest absolute Gasteiger partial charge is 0.355 e. The van der Waals surface area contributed by atoms with Crippen molar-refractivity contribution in [2.75, 3.05) is 0 Å². The Labute approximate surface area is 140 Å². The maximum absolute atomic E-state index is 10.4. The zero-order valence-corrected chi connectivity index (χ0v) is 13.6. The lowest BCUT2D eigenvalue weighted by Crippen LogP contribution is -2.20. The van der Waals surface area contributed by atoms with E-state index in [1.54, 1.807) is 6.21 Å². The lowest BCUT2D eigenvalue weighted by Gasteiger charge is -2.03. The third kappa shape index (κ3) is 3.18. The van der Waals surface area contributed by atoms with Crippen LogP contribution in [-0.4, -0.2) is 22.5 Å². The van der Waals surface area contributed by atoms with Gasteiger partial charge in [0, 0.05) is 57.8 Å². The predicted molar refractivity (Wildman–Crippen MR) is 99.3 cm³/mol. The minimum absolute atomic E-state index is 0.507. The van der Waals surface area contributed by atoms with E-state index in [4.69, 9.17) is 0 Å². The van der Waals surface area contributed by atoms with Crippen LogP contribution in [0.25, 0.3) is 34.8 Å². The van der Waals surface area contributed by atoms with Gasteiger partial charge < -0.3 is 9.78 Å². The van der Waals surface area contributed by atoms with Crippen molar-refractivity contribution in [3.63, 3.8) is 0 Å². The minimum atomic E-state index is 0.507. The van der Waals surface area contributed by atoms with Crippen LogP contribution in [0.3, 0.4) is 0 Å². The summed E-state index contributed by atoms with van der Waals surface area (Å²) < 4.78 is 0. The highest BCUT2D eigenvalue weighted by atomic mass is 16.1. The van der Waals surface area contributed by atoms with Crippen LogP contribution in [0.4, 0.5) is 0 Å². The monoisotopic (exact) mass is 317 g/mol. The molecule has 3 rings (SSSR count). The molecule has 0 amide bonds. The number of fused-ring (bicyclic) bond motifs is 1. The summed E-state index contributed by atoms with van der Waals surface area (Å²) in [5.74, 6) is 0. The Morgan fingerprint density at radius 2 is 2.08 bits per heavy atom. The quantitative estimate of drug-likeness (QED) is 0.581. The average Bonchev–Trinajstić information content (AvgIpc) is 2.93. The number of nitrogens with zero attached hydrogens (tertiary/aromatic N) is 2. The third-order valence-corrected chi connectivity index (χ3v) is 3.95. The van der Waals surface area contributed by atoms with Gasteiger partial charge in [0.25, 0.3) is 0 Å². The Hall–Kier alpha value is -3.01. The minimum Gasteiger partial charge on any atom is -0.355 e. The summed E-state index contributed by atoms with van der Waals surface area (Å²) in [7, 11) is 0. The number of hydrogen-bond acceptors (Lipinski definition) is 3. The highest BCUT2D eigenvalue weighted by Gasteiger charge is 2.04. The van der Waals surface area contributed by atoms with E-state index in [2.05, 4.69) is 39.7 Å². The summed E-state index contributed by atoms with van der Waals surface area (Å²) in [4.78, 5) is 22.4. The molecule has 0 unspecified atom stereocenters. The van der Waals surface area contributed by atoms with Gasteiger partial charge in [0.15, 0.2) is 0 Å². The zero-order chi connectivity index (χ0) is 16.9. The Bertz CT molecular complexity index is 998. The standard InChI is InChI=1S/C20H19N3O/c1-3-21-13-19-14(2)23-20-11-15(7-9-18(19)20)16-6-8-17(22-12-16)5-4-10-24/h3,6-13,23H,2,4-5H2,1H3/b19-13+,21-3?. The molecular formula is C20H19N3O. The fraction of sp³-hybridized carbons (Fsp3) is 0.150. The fourth-order valence-electron chi connectivity index (χ4n) is 2.70. The number of benzene rings is 1. The second-order valence-corrected chi connectivity index (χ2v) is 5.56. The highest BCUT2D eigenvalue weighted by Crippen LogP contribution is 2.21. The second-order valence-electron chi connectivity index (χ2n) is 5.56. The van der Waals surface area contributed by atoms with Gasteiger partial charge in [-0.25, -0.2) is 0 Å². The number of aromatic nitrogens is 2. The number of H-pyrrole nitrogens is 1. The number of aryl methyl sites for hydroxylation is 1. The number of carbonyl (C=O) groups excluding carboxylic acids is 1. The van der Waals surface area contributed by atoms with Crippen LogP contribution in [0.5, 0.6) is 0 Å². The highest BCUT2D eigenvalue weighted by molar-refractivity contribution is 5.86. The van der Waals surface area contributed by atoms with Gasteiger partial charge in [-0.2, -0.15) is 0 Å². The molecule has 0 atom stereocenters. The van der Waals surface area contributed by atoms with E-state index in [-0.39, 0.29) is 0 Å². The first kappa shape index (κ1) is 15.9. The van der Waals surface area contributed by atoms with Crippen molar-refractivity contribution in [3.05, 3.63) is 52.8 Å². The Balaban J connectivity index is 1.99. The Morgan fingerprint density at radius 1 is 1.25 bits per heavy atom. The van der Waals surface area contributed by atoms with Gasteiger partial charge in [-0.3, -0.25) is 9.98 Å². The lowest BCUT2D eigenvalue weighted by atomic mass is 10.0. The molecule has 2 heterocycles. The lowest BCUT2D eigenvalue weighted by molar-refractivity contribution is -0.107. The van der Waals surface area contributed by atoms with E-state index >= 15 is 0 Å². The van der Waals surface area contributed by atoms with E-state index in [9.17, 15) is 4.79 Å². The third-order valence-electron chi connectivity index (χ3n) is 3.95. The zero-order valence-electron chi connectivity index (χ0n) is 13.6. The van der Waals surface area contributed by atoms with E-state index < -0.39 is 0 Å². The van der Waals surface area contributed by atoms with E-state index in [0.717, 1.165) is 44.6 Å². The van der Waals surface area contributed by atoms with Crippen LogP contribution >= 0.6 is 0 Å². The number of hydrogen-bond donors (Lipinski definition) is 1. The van der Waals surface area contributed by atoms with Gasteiger partial charge in [-0.1, -0.05) is 24.8 Å². The summed E-state index contributed by atoms with van der Waals surface area (Å²) in [6.45, 7) is 5.94. The molecule has 0 radical (unpaired) electrons. The first-order chi connectivity index (χ1) is 11.7. The number of pyridine rings is 1. The number of aldehydes is 1. The van der Waals surface area contributed by atoms with Crippen LogP contribution in [0.1, 0.15) is 19.0 Å². The molecule has 0 saturated carbocycles. The number of nitrogens with one attached hydrogen (secondary N) is 1. The molecule has 0 aliphatic heterocycles. The summed E-state index contributed by atoms with van der Waals surface area (Å²) in [5.41, 5.74) is 4.09. The average molecular weight is 317 g/mol. The Morgan fingerprint density at radius 3 is 2.79 bits per heavy atom. The van der Waals surface area contributed by atoms with Crippen molar-refractivity contribution in [2.45, 2.75) is 19.8 Å². The number of aromatic amines is 1. The summed E-state index contributed by atoms with van der Waals surface area (Å²) in [6.07, 6.45) is 7.54. The molecule has 24 heavy (non-hydrogen) atoms. The maximum Gasteiger partial charge on any atom is 0.120 e. The van der Waals surface area contributed by atoms with Crippen molar-refractivity contribution in [1.29, 1.82) is 0 Å². The Kier molecular flexibility index (Phi) is 4.66. The smallest absolute Gasteiger partial charge is 0.120 e. The first-order valence-electron chi connectivity index (χ1n) is 7.90. The van der Waals surface area contributed by atoms with Crippen molar-refractivity contribution in [2.24, 2.45) is 4.99 Å². The van der Waals surface area contributed by atoms with Crippen LogP contribution in [0, 0.1) is 0 Å². The fourth-order valence-corrected chi connectivity index (χ4v) is 2.70. The molecule has 1 aromatic carbocycles. The predicted octanol–water partition coefficient (Wildman–Crippen LogP) is 2.60. The molecule has 0 saturated heterocycles. The van der Waals surface area contributed by atoms with Gasteiger partial charge in [0.2, 0.25) is 0 Å². The van der Waals surface area contributed by atoms with Crippen LogP contribution in [0.2, 0.25) is 0 Å². The van der Waals surface area contributed by atoms with Crippen LogP contribution in [-0.2, 0) is 11.2 Å². The molecular weight excluding hydrogens is 298 g/mol. The van der Waals surface area contributed by atoms with Crippen LogP contribution in [0.15, 0.2) is 41.5 Å². The van der Waals surface area contributed by atoms with Crippen molar-refractivity contribution < 1.29 is 4.79 Å². The van der Waals surface area contributed by atoms with E-state index in [1.807, 2.05) is 31.5 Å². The molecule has 4 nitrogen and oxygen atoms in total. The van der Waals surface area contributed by atoms with Crippen molar-refractivity contribution >= 4 is 36.2 Å². The van der Waals surface area contributed by atoms with Gasteiger partial charge >= 0.3 is 0 Å². The SMILES string of the molecule is C=c1[nH]c2cc(-c3ccc(CCC=O)nc3)ccc2/c1=C/N=CC. The molecule has 0 spiro atoms. The molecule has 0 aliphatic carbocycles. The van der Waals surface area contributed by atoms with E-state index in [1.165, 1.54) is 0 Å². The van der Waals surface area contributed by atoms with Crippen LogP contribution < -0.4 is 10.6 Å². The van der Waals surface area contributed by atoms with Gasteiger partial charge in [0.05, 0.1) is 0 Å². The molecule has 4 heteroatoms. The molecule has 0 bridgehead atoms. The normalized spacial score (nSPS) is 12.3. The molecule has 3 aromatic rings. The second kappa shape index (κ2) is 7.04. The topological polar surface area (TPSA) is 58.1 Å². The van der Waals surface area contributed by atoms with Gasteiger partial charge in [-0.15, -0.1) is 0 Å². The van der Waals surface area contributed by atoms with Crippen molar-refractivity contribution in [3.8, 4) is 11.1 Å². The number of rotatable bonds is 5. The summed E-state index contributed by atoms with van der Waals surface area (Å²) >= 11 is 0. The first-order valence-corrected chi connectivity index (χ1v) is 7.90. The number of carbonyl (C=O) groups is 1. The number of aliphatic imine (C=N–C) groups is 1. The van der Waals surface area contributed by atoms with E-state index in [0.29, 0.717) is 12.8 Å². The molecule has 0 fully saturated rings. The van der Waals surface area contributed by atoms with Crippen molar-refractivity contribution in [1.82, 2.24) is 9.97 Å². The summed E-state index contributed by atoms with van der Waals surface area (Å²) in [5, 5.41) is 2.97. The van der Waals surface area contributed by atoms with Gasteiger partial charge in [0.1, 0.15) is 6.29 Å². The maximum atomic E-state index is 10.4. The summed E-state index contributed by atoms with van der Waals surface area (Å²) in [6, 6.07) is 10.3. The molecule has 1 N–H and O–H groups in total.